The van der Waals surface area contributed by atoms with Crippen LogP contribution in [0.1, 0.15) is 219 Å². The summed E-state index contributed by atoms with van der Waals surface area (Å²) in [5.74, 6) is 0.196. The lowest BCUT2D eigenvalue weighted by Crippen LogP contribution is -3.14. The van der Waals surface area contributed by atoms with Gasteiger partial charge < -0.3 is 12.4 Å². The summed E-state index contributed by atoms with van der Waals surface area (Å²) in [7, 11) is 1.76. The fourth-order valence-electron chi connectivity index (χ4n) is 5.84. The molecule has 4 heteroatoms. The summed E-state index contributed by atoms with van der Waals surface area (Å²) in [4.78, 5) is 25.4. The molecular formula is C37H74ClNO2. The van der Waals surface area contributed by atoms with Crippen LogP contribution >= 0.6 is 0 Å². The van der Waals surface area contributed by atoms with E-state index in [1.54, 1.807) is 7.05 Å². The van der Waals surface area contributed by atoms with Crippen LogP contribution in [0, 0.1) is 0 Å². The van der Waals surface area contributed by atoms with Gasteiger partial charge in [0.1, 0.15) is 0 Å². The Kier molecular flexibility index (Phi) is 37.3. The highest BCUT2D eigenvalue weighted by molar-refractivity contribution is 5.80. The van der Waals surface area contributed by atoms with Crippen molar-refractivity contribution in [2.45, 2.75) is 219 Å². The van der Waals surface area contributed by atoms with E-state index >= 15 is 0 Å². The van der Waals surface area contributed by atoms with Crippen molar-refractivity contribution in [3.63, 3.8) is 0 Å². The highest BCUT2D eigenvalue weighted by Crippen LogP contribution is 2.15. The van der Waals surface area contributed by atoms with Crippen molar-refractivity contribution in [1.82, 2.24) is 0 Å². The molecule has 0 bridgehead atoms. The van der Waals surface area contributed by atoms with Crippen LogP contribution in [0.4, 0.5) is 0 Å². The Morgan fingerprint density at radius 3 is 0.707 bits per heavy atom. The van der Waals surface area contributed by atoms with Gasteiger partial charge in [0.05, 0.1) is 19.9 Å². The normalized spacial score (nSPS) is 11.2. The Bertz CT molecular complexity index is 493. The number of rotatable bonds is 32. The third kappa shape index (κ3) is 32.3. The van der Waals surface area contributed by atoms with Gasteiger partial charge in [-0.2, -0.15) is 0 Å². The Morgan fingerprint density at radius 2 is 0.512 bits per heavy atom. The molecule has 0 heterocycles. The zero-order chi connectivity index (χ0) is 29.4. The van der Waals surface area contributed by atoms with E-state index < -0.39 is 0 Å². The third-order valence-corrected chi connectivity index (χ3v) is 8.85. The van der Waals surface area contributed by atoms with E-state index in [9.17, 15) is 9.59 Å². The van der Waals surface area contributed by atoms with Crippen molar-refractivity contribution in [3.8, 4) is 0 Å². The highest BCUT2D eigenvalue weighted by Gasteiger charge is 2.21. The number of quaternary nitrogens is 1. The molecule has 246 valence electrons. The van der Waals surface area contributed by atoms with Crippen molar-refractivity contribution >= 4 is 11.8 Å². The quantitative estimate of drug-likeness (QED) is 0.0794. The molecular weight excluding hydrogens is 526 g/mol. The molecule has 0 fully saturated rings. The standard InChI is InChI=1S/C37H73NO2.ClH/c1-4-6-8-10-12-14-16-18-20-22-24-26-28-30-32-34-36(39)38(3)37(40)35-33-31-29-27-25-23-21-19-17-15-13-11-9-7-5-2;/h4-35H2,1-3H3;1H. The Labute approximate surface area is 264 Å². The first kappa shape index (κ1) is 42.7. The van der Waals surface area contributed by atoms with Crippen molar-refractivity contribution in [3.05, 3.63) is 0 Å². The number of imide groups is 1. The second-order valence-corrected chi connectivity index (χ2v) is 12.9. The molecule has 1 N–H and O–H groups in total. The van der Waals surface area contributed by atoms with Crippen LogP contribution in [-0.4, -0.2) is 18.9 Å². The van der Waals surface area contributed by atoms with Gasteiger partial charge in [0, 0.05) is 0 Å². The summed E-state index contributed by atoms with van der Waals surface area (Å²) in [5.41, 5.74) is 0. The molecule has 3 nitrogen and oxygen atoms in total. The summed E-state index contributed by atoms with van der Waals surface area (Å²) < 4.78 is 0. The molecule has 0 aliphatic heterocycles. The molecule has 0 aliphatic carbocycles. The monoisotopic (exact) mass is 600 g/mol. The lowest BCUT2D eigenvalue weighted by atomic mass is 10.0. The predicted molar refractivity (Wildman–Crippen MR) is 176 cm³/mol. The van der Waals surface area contributed by atoms with E-state index in [1.807, 2.05) is 0 Å². The van der Waals surface area contributed by atoms with Crippen molar-refractivity contribution in [2.75, 3.05) is 7.05 Å². The van der Waals surface area contributed by atoms with E-state index in [1.165, 1.54) is 167 Å². The first-order valence-corrected chi connectivity index (χ1v) is 18.5. The van der Waals surface area contributed by atoms with Gasteiger partial charge in [-0.25, -0.2) is 14.5 Å². The number of unbranched alkanes of at least 4 members (excludes halogenated alkanes) is 28. The molecule has 0 spiro atoms. The zero-order valence-electron chi connectivity index (χ0n) is 28.3. The third-order valence-electron chi connectivity index (χ3n) is 8.85. The number of carbonyl (C=O) groups is 2. The number of amides is 2. The lowest BCUT2D eigenvalue weighted by molar-refractivity contribution is -0.715. The van der Waals surface area contributed by atoms with Gasteiger partial charge >= 0.3 is 11.8 Å². The second-order valence-electron chi connectivity index (χ2n) is 12.9. The molecule has 0 radical (unpaired) electrons. The summed E-state index contributed by atoms with van der Waals surface area (Å²) in [5, 5.41) is 0. The molecule has 41 heavy (non-hydrogen) atoms. The molecule has 0 saturated carbocycles. The first-order valence-electron chi connectivity index (χ1n) is 18.5. The molecule has 0 aromatic carbocycles. The first-order chi connectivity index (χ1) is 19.6. The fraction of sp³-hybridized carbons (Fsp3) is 0.946. The number of halogens is 1. The van der Waals surface area contributed by atoms with Gasteiger partial charge in [0.25, 0.3) is 0 Å². The Balaban J connectivity index is 0. The fourth-order valence-corrected chi connectivity index (χ4v) is 5.84. The van der Waals surface area contributed by atoms with Crippen molar-refractivity contribution in [2.24, 2.45) is 0 Å². The molecule has 0 aliphatic rings. The summed E-state index contributed by atoms with van der Waals surface area (Å²) in [6, 6.07) is 0. The van der Waals surface area contributed by atoms with Crippen LogP contribution in [0.5, 0.6) is 0 Å². The maximum Gasteiger partial charge on any atom is 0.319 e. The number of carbonyl (C=O) groups excluding carboxylic acids is 2. The number of hydrogen-bond donors (Lipinski definition) is 1. The van der Waals surface area contributed by atoms with E-state index in [2.05, 4.69) is 13.8 Å². The van der Waals surface area contributed by atoms with Gasteiger partial charge in [-0.3, -0.25) is 0 Å². The molecule has 0 aromatic rings. The summed E-state index contributed by atoms with van der Waals surface area (Å²) in [6.07, 6.45) is 41.1. The van der Waals surface area contributed by atoms with Gasteiger partial charge in [0.15, 0.2) is 0 Å². The summed E-state index contributed by atoms with van der Waals surface area (Å²) >= 11 is 0. The van der Waals surface area contributed by atoms with E-state index in [4.69, 9.17) is 0 Å². The number of hydrogen-bond acceptors (Lipinski definition) is 2. The average Bonchev–Trinajstić information content (AvgIpc) is 2.96. The van der Waals surface area contributed by atoms with Crippen LogP contribution in [0.15, 0.2) is 0 Å². The minimum atomic E-state index is 0. The largest absolute Gasteiger partial charge is 1.00 e. The van der Waals surface area contributed by atoms with Crippen LogP contribution in [-0.2, 0) is 9.59 Å². The zero-order valence-corrected chi connectivity index (χ0v) is 29.1. The van der Waals surface area contributed by atoms with Gasteiger partial charge in [0.2, 0.25) is 0 Å². The van der Waals surface area contributed by atoms with Gasteiger partial charge in [-0.05, 0) is 12.8 Å². The SMILES string of the molecule is CCCCCCCCCCCCCCCCCC(=O)[NH+](C)C(=O)CCCCCCCCCCCCCCCCC.[Cl-]. The van der Waals surface area contributed by atoms with Crippen molar-refractivity contribution < 1.29 is 26.9 Å². The Morgan fingerprint density at radius 1 is 0.341 bits per heavy atom. The predicted octanol–water partition coefficient (Wildman–Crippen LogP) is 8.08. The molecule has 0 saturated heterocycles. The lowest BCUT2D eigenvalue weighted by Gasteiger charge is -2.09. The average molecular weight is 600 g/mol. The number of nitrogens with one attached hydrogen (secondary N) is 1. The topological polar surface area (TPSA) is 38.6 Å². The molecule has 0 aromatic heterocycles. The van der Waals surface area contributed by atoms with E-state index in [0.717, 1.165) is 25.7 Å². The van der Waals surface area contributed by atoms with Crippen LogP contribution in [0.2, 0.25) is 0 Å². The van der Waals surface area contributed by atoms with Crippen molar-refractivity contribution in [1.29, 1.82) is 0 Å². The smallest absolute Gasteiger partial charge is 0.319 e. The maximum absolute atomic E-state index is 12.4. The highest BCUT2D eigenvalue weighted by atomic mass is 35.5. The van der Waals surface area contributed by atoms with E-state index in [0.29, 0.717) is 17.7 Å². The summed E-state index contributed by atoms with van der Waals surface area (Å²) in [6.45, 7) is 4.56. The Hall–Kier alpha value is -0.410. The van der Waals surface area contributed by atoms with Crippen LogP contribution < -0.4 is 17.3 Å². The minimum absolute atomic E-state index is 0. The minimum Gasteiger partial charge on any atom is -1.00 e. The molecule has 0 unspecified atom stereocenters. The molecule has 2 amide bonds. The van der Waals surface area contributed by atoms with E-state index in [-0.39, 0.29) is 24.2 Å². The van der Waals surface area contributed by atoms with Gasteiger partial charge in [-0.15, -0.1) is 0 Å². The van der Waals surface area contributed by atoms with Crippen LogP contribution in [0.25, 0.3) is 0 Å². The maximum atomic E-state index is 12.4. The van der Waals surface area contributed by atoms with Crippen LogP contribution in [0.3, 0.4) is 0 Å². The second kappa shape index (κ2) is 35.8. The molecule has 0 atom stereocenters. The molecule has 0 rings (SSSR count). The van der Waals surface area contributed by atoms with Gasteiger partial charge in [-0.1, -0.05) is 194 Å².